The van der Waals surface area contributed by atoms with Crippen LogP contribution in [0.2, 0.25) is 0 Å². The van der Waals surface area contributed by atoms with Gasteiger partial charge in [0.25, 0.3) is 5.69 Å². The predicted octanol–water partition coefficient (Wildman–Crippen LogP) is 3.34. The largest absolute Gasteiger partial charge is 0.418 e. The lowest BCUT2D eigenvalue weighted by Gasteiger charge is -2.16. The molecule has 0 amide bonds. The Kier molecular flexibility index (Phi) is 3.15. The van der Waals surface area contributed by atoms with E-state index in [1.54, 1.807) is 0 Å². The first kappa shape index (κ1) is 13.3. The molecule has 0 saturated carbocycles. The van der Waals surface area contributed by atoms with Crippen LogP contribution in [0.25, 0.3) is 10.8 Å². The van der Waals surface area contributed by atoms with Gasteiger partial charge >= 0.3 is 6.18 Å². The highest BCUT2D eigenvalue weighted by Gasteiger charge is 2.41. The summed E-state index contributed by atoms with van der Waals surface area (Å²) in [7, 11) is 0. The van der Waals surface area contributed by atoms with E-state index in [0.29, 0.717) is 0 Å². The van der Waals surface area contributed by atoms with Crippen molar-refractivity contribution in [1.82, 2.24) is 0 Å². The Hall–Kier alpha value is -2.15. The molecular weight excluding hydrogens is 263 g/mol. The van der Waals surface area contributed by atoms with E-state index < -0.39 is 28.5 Å². The molecule has 2 rings (SSSR count). The summed E-state index contributed by atoms with van der Waals surface area (Å²) in [6, 6.07) is 7.74. The van der Waals surface area contributed by atoms with Crippen molar-refractivity contribution in [2.24, 2.45) is 0 Å². The van der Waals surface area contributed by atoms with Crippen molar-refractivity contribution in [2.75, 3.05) is 0 Å². The monoisotopic (exact) mass is 271 g/mol. The van der Waals surface area contributed by atoms with Gasteiger partial charge in [0.2, 0.25) is 0 Å². The summed E-state index contributed by atoms with van der Waals surface area (Å²) in [4.78, 5) is 10.1. The van der Waals surface area contributed by atoms with E-state index in [1.165, 1.54) is 24.3 Å². The van der Waals surface area contributed by atoms with Gasteiger partial charge in [0, 0.05) is 11.6 Å². The Morgan fingerprint density at radius 1 is 1.16 bits per heavy atom. The summed E-state index contributed by atoms with van der Waals surface area (Å²) in [6.45, 7) is 0. The second-order valence-electron chi connectivity index (χ2n) is 3.92. The third kappa shape index (κ3) is 2.37. The van der Waals surface area contributed by atoms with E-state index in [2.05, 4.69) is 0 Å². The molecule has 2 aromatic rings. The van der Waals surface area contributed by atoms with Crippen molar-refractivity contribution in [3.8, 4) is 0 Å². The highest BCUT2D eigenvalue weighted by Crippen LogP contribution is 2.39. The normalized spacial score (nSPS) is 13.5. The van der Waals surface area contributed by atoms with Crippen LogP contribution in [0.1, 0.15) is 11.7 Å². The molecule has 1 N–H and O–H groups in total. The Morgan fingerprint density at radius 2 is 1.74 bits per heavy atom. The van der Waals surface area contributed by atoms with E-state index >= 15 is 0 Å². The predicted molar refractivity (Wildman–Crippen MR) is 61.6 cm³/mol. The van der Waals surface area contributed by atoms with Gasteiger partial charge in [-0.2, -0.15) is 13.2 Å². The molecule has 7 heteroatoms. The number of nitro groups is 1. The Morgan fingerprint density at radius 3 is 2.26 bits per heavy atom. The van der Waals surface area contributed by atoms with Crippen LogP contribution < -0.4 is 0 Å². The van der Waals surface area contributed by atoms with Crippen molar-refractivity contribution in [2.45, 2.75) is 12.3 Å². The average Bonchev–Trinajstić information content (AvgIpc) is 2.35. The molecule has 2 aromatic carbocycles. The number of benzene rings is 2. The summed E-state index contributed by atoms with van der Waals surface area (Å²) < 4.78 is 37.7. The number of aliphatic hydroxyl groups is 1. The fourth-order valence-corrected chi connectivity index (χ4v) is 1.91. The van der Waals surface area contributed by atoms with Crippen LogP contribution in [-0.4, -0.2) is 16.2 Å². The molecular formula is C12H8F3NO3. The quantitative estimate of drug-likeness (QED) is 0.673. The molecule has 0 aliphatic rings. The lowest BCUT2D eigenvalue weighted by atomic mass is 9.98. The summed E-state index contributed by atoms with van der Waals surface area (Å²) in [5, 5.41) is 20.3. The SMILES string of the molecule is O=[N+]([O-])c1cccc2cccc(C(O)C(F)(F)F)c12. The van der Waals surface area contributed by atoms with Crippen molar-refractivity contribution in [1.29, 1.82) is 0 Å². The molecule has 1 atom stereocenters. The maximum atomic E-state index is 12.6. The molecule has 19 heavy (non-hydrogen) atoms. The molecule has 0 aromatic heterocycles. The molecule has 0 fully saturated rings. The summed E-state index contributed by atoms with van der Waals surface area (Å²) in [6.07, 6.45) is -7.63. The van der Waals surface area contributed by atoms with Gasteiger partial charge in [0.1, 0.15) is 0 Å². The summed E-state index contributed by atoms with van der Waals surface area (Å²) in [5.74, 6) is 0. The minimum atomic E-state index is -4.88. The maximum absolute atomic E-state index is 12.6. The Bertz CT molecular complexity index is 634. The van der Waals surface area contributed by atoms with Gasteiger partial charge in [-0.15, -0.1) is 0 Å². The van der Waals surface area contributed by atoms with Gasteiger partial charge in [-0.1, -0.05) is 30.3 Å². The van der Waals surface area contributed by atoms with E-state index in [1.807, 2.05) is 0 Å². The number of alkyl halides is 3. The average molecular weight is 271 g/mol. The van der Waals surface area contributed by atoms with Crippen LogP contribution in [0.3, 0.4) is 0 Å². The molecule has 0 heterocycles. The lowest BCUT2D eigenvalue weighted by molar-refractivity contribution is -0.383. The Labute approximate surface area is 105 Å². The zero-order valence-corrected chi connectivity index (χ0v) is 9.39. The number of nitrogens with zero attached hydrogens (tertiary/aromatic N) is 1. The molecule has 0 saturated heterocycles. The molecule has 1 unspecified atom stereocenters. The number of nitro benzene ring substituents is 1. The van der Waals surface area contributed by atoms with E-state index in [9.17, 15) is 28.4 Å². The van der Waals surface area contributed by atoms with Crippen molar-refractivity contribution in [3.05, 3.63) is 52.1 Å². The molecule has 0 aliphatic carbocycles. The fraction of sp³-hybridized carbons (Fsp3) is 0.167. The van der Waals surface area contributed by atoms with Crippen molar-refractivity contribution >= 4 is 16.5 Å². The van der Waals surface area contributed by atoms with Crippen LogP contribution in [-0.2, 0) is 0 Å². The second kappa shape index (κ2) is 4.51. The fourth-order valence-electron chi connectivity index (χ4n) is 1.91. The van der Waals surface area contributed by atoms with E-state index in [-0.39, 0.29) is 10.8 Å². The Balaban J connectivity index is 2.78. The molecule has 0 aliphatic heterocycles. The van der Waals surface area contributed by atoms with Crippen LogP contribution in [0.5, 0.6) is 0 Å². The van der Waals surface area contributed by atoms with Gasteiger partial charge in [-0.25, -0.2) is 0 Å². The standard InChI is InChI=1S/C12H8F3NO3/c13-12(14,15)11(17)8-5-1-3-7-4-2-6-9(10(7)8)16(18)19/h1-6,11,17H. The van der Waals surface area contributed by atoms with Crippen LogP contribution in [0.15, 0.2) is 36.4 Å². The van der Waals surface area contributed by atoms with Crippen LogP contribution >= 0.6 is 0 Å². The first-order chi connectivity index (χ1) is 8.82. The number of hydrogen-bond donors (Lipinski definition) is 1. The maximum Gasteiger partial charge on any atom is 0.418 e. The zero-order valence-electron chi connectivity index (χ0n) is 9.39. The third-order valence-corrected chi connectivity index (χ3v) is 2.72. The molecule has 0 radical (unpaired) electrons. The number of rotatable bonds is 2. The second-order valence-corrected chi connectivity index (χ2v) is 3.92. The number of aliphatic hydroxyl groups excluding tert-OH is 1. The molecule has 4 nitrogen and oxygen atoms in total. The first-order valence-corrected chi connectivity index (χ1v) is 5.23. The topological polar surface area (TPSA) is 63.4 Å². The van der Waals surface area contributed by atoms with Gasteiger partial charge < -0.3 is 5.11 Å². The summed E-state index contributed by atoms with van der Waals surface area (Å²) >= 11 is 0. The molecule has 0 spiro atoms. The highest BCUT2D eigenvalue weighted by molar-refractivity contribution is 5.94. The van der Waals surface area contributed by atoms with Gasteiger partial charge in [0.05, 0.1) is 10.3 Å². The minimum absolute atomic E-state index is 0.195. The van der Waals surface area contributed by atoms with Crippen LogP contribution in [0, 0.1) is 10.1 Å². The third-order valence-electron chi connectivity index (χ3n) is 2.72. The van der Waals surface area contributed by atoms with E-state index in [0.717, 1.165) is 12.1 Å². The lowest BCUT2D eigenvalue weighted by Crippen LogP contribution is -2.20. The molecule has 0 bridgehead atoms. The first-order valence-electron chi connectivity index (χ1n) is 5.23. The van der Waals surface area contributed by atoms with Crippen molar-refractivity contribution < 1.29 is 23.2 Å². The smallest absolute Gasteiger partial charge is 0.379 e. The van der Waals surface area contributed by atoms with E-state index in [4.69, 9.17) is 0 Å². The highest BCUT2D eigenvalue weighted by atomic mass is 19.4. The number of fused-ring (bicyclic) bond motifs is 1. The molecule has 100 valence electrons. The summed E-state index contributed by atoms with van der Waals surface area (Å²) in [5.41, 5.74) is -0.978. The zero-order chi connectivity index (χ0) is 14.2. The van der Waals surface area contributed by atoms with Crippen molar-refractivity contribution in [3.63, 3.8) is 0 Å². The number of halogens is 3. The van der Waals surface area contributed by atoms with Gasteiger partial charge in [-0.3, -0.25) is 10.1 Å². The van der Waals surface area contributed by atoms with Gasteiger partial charge in [0.15, 0.2) is 6.10 Å². The minimum Gasteiger partial charge on any atom is -0.379 e. The van der Waals surface area contributed by atoms with Crippen LogP contribution in [0.4, 0.5) is 18.9 Å². The number of non-ortho nitro benzene ring substituents is 1. The number of hydrogen-bond acceptors (Lipinski definition) is 3. The van der Waals surface area contributed by atoms with Gasteiger partial charge in [-0.05, 0) is 5.39 Å².